The SMILES string of the molecule is COc1ccc(OC)c(/C=C/C(=O)Nc2ccc(C(=O)N3CCCC3)cc2)c1. The molecular weight excluding hydrogens is 356 g/mol. The van der Waals surface area contributed by atoms with Gasteiger partial charge in [0.25, 0.3) is 5.91 Å². The maximum Gasteiger partial charge on any atom is 0.253 e. The van der Waals surface area contributed by atoms with Crippen molar-refractivity contribution in [1.29, 1.82) is 0 Å². The van der Waals surface area contributed by atoms with E-state index in [4.69, 9.17) is 9.47 Å². The van der Waals surface area contributed by atoms with Gasteiger partial charge in [-0.2, -0.15) is 0 Å². The summed E-state index contributed by atoms with van der Waals surface area (Å²) in [4.78, 5) is 26.4. The number of hydrogen-bond donors (Lipinski definition) is 1. The molecule has 2 amide bonds. The number of carbonyl (C=O) groups excluding carboxylic acids is 2. The summed E-state index contributed by atoms with van der Waals surface area (Å²) in [6, 6.07) is 12.3. The Morgan fingerprint density at radius 1 is 1.00 bits per heavy atom. The molecule has 1 fully saturated rings. The summed E-state index contributed by atoms with van der Waals surface area (Å²) in [6.07, 6.45) is 5.22. The molecule has 1 N–H and O–H groups in total. The van der Waals surface area contributed by atoms with Crippen LogP contribution in [0.3, 0.4) is 0 Å². The van der Waals surface area contributed by atoms with Crippen molar-refractivity contribution in [2.24, 2.45) is 0 Å². The van der Waals surface area contributed by atoms with E-state index < -0.39 is 0 Å². The van der Waals surface area contributed by atoms with Crippen molar-refractivity contribution >= 4 is 23.6 Å². The molecule has 1 aliphatic heterocycles. The van der Waals surface area contributed by atoms with Crippen LogP contribution in [0.4, 0.5) is 5.69 Å². The molecule has 0 aromatic heterocycles. The van der Waals surface area contributed by atoms with E-state index in [1.54, 1.807) is 62.8 Å². The highest BCUT2D eigenvalue weighted by molar-refractivity contribution is 6.02. The van der Waals surface area contributed by atoms with Gasteiger partial charge in [-0.25, -0.2) is 0 Å². The van der Waals surface area contributed by atoms with Crippen molar-refractivity contribution in [1.82, 2.24) is 4.90 Å². The van der Waals surface area contributed by atoms with Crippen molar-refractivity contribution in [3.8, 4) is 11.5 Å². The Labute approximate surface area is 164 Å². The van der Waals surface area contributed by atoms with Gasteiger partial charge in [-0.05, 0) is 61.4 Å². The van der Waals surface area contributed by atoms with Crippen molar-refractivity contribution in [2.45, 2.75) is 12.8 Å². The number of hydrogen-bond acceptors (Lipinski definition) is 4. The molecule has 3 rings (SSSR count). The van der Waals surface area contributed by atoms with Crippen LogP contribution in [0.2, 0.25) is 0 Å². The molecule has 2 aromatic carbocycles. The number of rotatable bonds is 6. The van der Waals surface area contributed by atoms with E-state index in [-0.39, 0.29) is 11.8 Å². The number of methoxy groups -OCH3 is 2. The van der Waals surface area contributed by atoms with E-state index in [2.05, 4.69) is 5.32 Å². The molecule has 0 saturated carbocycles. The number of carbonyl (C=O) groups is 2. The summed E-state index contributed by atoms with van der Waals surface area (Å²) in [5.74, 6) is 1.10. The predicted molar refractivity (Wildman–Crippen MR) is 109 cm³/mol. The summed E-state index contributed by atoms with van der Waals surface area (Å²) in [5.41, 5.74) is 2.00. The van der Waals surface area contributed by atoms with Gasteiger partial charge in [-0.1, -0.05) is 0 Å². The molecule has 0 bridgehead atoms. The molecule has 1 heterocycles. The van der Waals surface area contributed by atoms with E-state index in [0.717, 1.165) is 31.5 Å². The Hall–Kier alpha value is -3.28. The predicted octanol–water partition coefficient (Wildman–Crippen LogP) is 3.59. The minimum Gasteiger partial charge on any atom is -0.497 e. The number of nitrogens with zero attached hydrogens (tertiary/aromatic N) is 1. The standard InChI is InChI=1S/C22H24N2O4/c1-27-19-10-11-20(28-2)17(15-19)7-12-21(25)23-18-8-5-16(6-9-18)22(26)24-13-3-4-14-24/h5-12,15H,3-4,13-14H2,1-2H3,(H,23,25)/b12-7+. The molecule has 0 spiro atoms. The first kappa shape index (κ1) is 19.5. The Bertz CT molecular complexity index is 869. The number of amides is 2. The van der Waals surface area contributed by atoms with Gasteiger partial charge in [0, 0.05) is 36.0 Å². The lowest BCUT2D eigenvalue weighted by molar-refractivity contribution is -0.111. The molecule has 28 heavy (non-hydrogen) atoms. The lowest BCUT2D eigenvalue weighted by atomic mass is 10.1. The van der Waals surface area contributed by atoms with Crippen LogP contribution in [0, 0.1) is 0 Å². The molecule has 146 valence electrons. The molecule has 6 nitrogen and oxygen atoms in total. The Morgan fingerprint density at radius 3 is 2.36 bits per heavy atom. The molecule has 1 aliphatic rings. The fourth-order valence-corrected chi connectivity index (χ4v) is 3.12. The van der Waals surface area contributed by atoms with E-state index in [1.807, 2.05) is 4.90 Å². The topological polar surface area (TPSA) is 67.9 Å². The van der Waals surface area contributed by atoms with Crippen LogP contribution in [0.15, 0.2) is 48.5 Å². The second-order valence-corrected chi connectivity index (χ2v) is 6.51. The van der Waals surface area contributed by atoms with Crippen molar-refractivity contribution in [3.05, 3.63) is 59.7 Å². The maximum atomic E-state index is 12.4. The van der Waals surface area contributed by atoms with E-state index in [0.29, 0.717) is 22.7 Å². The molecular formula is C22H24N2O4. The average molecular weight is 380 g/mol. The van der Waals surface area contributed by atoms with Gasteiger partial charge in [0.15, 0.2) is 0 Å². The van der Waals surface area contributed by atoms with Crippen LogP contribution in [0.1, 0.15) is 28.8 Å². The second-order valence-electron chi connectivity index (χ2n) is 6.51. The van der Waals surface area contributed by atoms with Crippen LogP contribution in [-0.4, -0.2) is 44.0 Å². The third kappa shape index (κ3) is 4.71. The summed E-state index contributed by atoms with van der Waals surface area (Å²) in [6.45, 7) is 1.63. The molecule has 6 heteroatoms. The number of anilines is 1. The fourth-order valence-electron chi connectivity index (χ4n) is 3.12. The van der Waals surface area contributed by atoms with E-state index in [9.17, 15) is 9.59 Å². The highest BCUT2D eigenvalue weighted by Crippen LogP contribution is 2.25. The zero-order chi connectivity index (χ0) is 19.9. The lowest BCUT2D eigenvalue weighted by Gasteiger charge is -2.15. The summed E-state index contributed by atoms with van der Waals surface area (Å²) < 4.78 is 10.5. The fraction of sp³-hybridized carbons (Fsp3) is 0.273. The molecule has 1 saturated heterocycles. The molecule has 0 atom stereocenters. The van der Waals surface area contributed by atoms with E-state index in [1.165, 1.54) is 6.08 Å². The van der Waals surface area contributed by atoms with E-state index >= 15 is 0 Å². The minimum absolute atomic E-state index is 0.0420. The Morgan fingerprint density at radius 2 is 1.71 bits per heavy atom. The summed E-state index contributed by atoms with van der Waals surface area (Å²) in [5, 5.41) is 2.79. The van der Waals surface area contributed by atoms with Gasteiger partial charge in [-0.3, -0.25) is 9.59 Å². The zero-order valence-electron chi connectivity index (χ0n) is 16.1. The monoisotopic (exact) mass is 380 g/mol. The Kier molecular flexibility index (Phi) is 6.32. The van der Waals surface area contributed by atoms with Crippen LogP contribution in [0.25, 0.3) is 6.08 Å². The van der Waals surface area contributed by atoms with Crippen molar-refractivity contribution in [2.75, 3.05) is 32.6 Å². The third-order valence-electron chi connectivity index (χ3n) is 4.64. The summed E-state index contributed by atoms with van der Waals surface area (Å²) >= 11 is 0. The molecule has 0 unspecified atom stereocenters. The van der Waals surface area contributed by atoms with Crippen molar-refractivity contribution in [3.63, 3.8) is 0 Å². The quantitative estimate of drug-likeness (QED) is 0.778. The first-order valence-corrected chi connectivity index (χ1v) is 9.21. The molecule has 0 aliphatic carbocycles. The minimum atomic E-state index is -0.275. The smallest absolute Gasteiger partial charge is 0.253 e. The first-order chi connectivity index (χ1) is 13.6. The van der Waals surface area contributed by atoms with Crippen LogP contribution in [-0.2, 0) is 4.79 Å². The number of likely N-dealkylation sites (tertiary alicyclic amines) is 1. The largest absolute Gasteiger partial charge is 0.497 e. The van der Waals surface area contributed by atoms with Gasteiger partial charge in [0.1, 0.15) is 11.5 Å². The number of benzene rings is 2. The number of nitrogens with one attached hydrogen (secondary N) is 1. The van der Waals surface area contributed by atoms with Crippen LogP contribution in [0.5, 0.6) is 11.5 Å². The van der Waals surface area contributed by atoms with Gasteiger partial charge < -0.3 is 19.7 Å². The Balaban J connectivity index is 1.63. The lowest BCUT2D eigenvalue weighted by Crippen LogP contribution is -2.27. The van der Waals surface area contributed by atoms with Crippen LogP contribution < -0.4 is 14.8 Å². The van der Waals surface area contributed by atoms with Crippen LogP contribution >= 0.6 is 0 Å². The maximum absolute atomic E-state index is 12.4. The molecule has 0 radical (unpaired) electrons. The first-order valence-electron chi connectivity index (χ1n) is 9.21. The average Bonchev–Trinajstić information content (AvgIpc) is 3.27. The molecule has 2 aromatic rings. The normalized spacial score (nSPS) is 13.6. The van der Waals surface area contributed by atoms with Gasteiger partial charge in [-0.15, -0.1) is 0 Å². The van der Waals surface area contributed by atoms with Gasteiger partial charge in [0.2, 0.25) is 5.91 Å². The third-order valence-corrected chi connectivity index (χ3v) is 4.64. The zero-order valence-corrected chi connectivity index (χ0v) is 16.1. The highest BCUT2D eigenvalue weighted by atomic mass is 16.5. The van der Waals surface area contributed by atoms with Crippen molar-refractivity contribution < 1.29 is 19.1 Å². The van der Waals surface area contributed by atoms with Gasteiger partial charge in [0.05, 0.1) is 14.2 Å². The highest BCUT2D eigenvalue weighted by Gasteiger charge is 2.19. The number of ether oxygens (including phenoxy) is 2. The van der Waals surface area contributed by atoms with Gasteiger partial charge >= 0.3 is 0 Å². The second kappa shape index (κ2) is 9.08. The summed E-state index contributed by atoms with van der Waals surface area (Å²) in [7, 11) is 3.16.